The van der Waals surface area contributed by atoms with Crippen LogP contribution in [0.1, 0.15) is 12.5 Å². The van der Waals surface area contributed by atoms with Crippen LogP contribution in [0.2, 0.25) is 0 Å². The average molecular weight is 310 g/mol. The Balaban J connectivity index is 2.27. The highest BCUT2D eigenvalue weighted by atomic mass is 32.2. The van der Waals surface area contributed by atoms with E-state index in [1.807, 2.05) is 6.92 Å². The SMILES string of the molecule is CCNCc1cc(S(=O)(=O)Nc2cncnc2)ccc1F. The molecule has 2 aromatic rings. The van der Waals surface area contributed by atoms with E-state index in [1.54, 1.807) is 0 Å². The van der Waals surface area contributed by atoms with Crippen molar-refractivity contribution in [3.05, 3.63) is 48.3 Å². The number of sulfonamides is 1. The third kappa shape index (κ3) is 3.96. The lowest BCUT2D eigenvalue weighted by atomic mass is 10.2. The van der Waals surface area contributed by atoms with E-state index in [0.29, 0.717) is 12.1 Å². The zero-order valence-electron chi connectivity index (χ0n) is 11.4. The first kappa shape index (κ1) is 15.3. The van der Waals surface area contributed by atoms with E-state index in [9.17, 15) is 12.8 Å². The second-order valence-corrected chi connectivity index (χ2v) is 5.95. The van der Waals surface area contributed by atoms with Crippen molar-refractivity contribution in [2.75, 3.05) is 11.3 Å². The minimum atomic E-state index is -3.80. The second kappa shape index (κ2) is 6.59. The maximum absolute atomic E-state index is 13.6. The van der Waals surface area contributed by atoms with Crippen LogP contribution in [0.25, 0.3) is 0 Å². The molecule has 0 fully saturated rings. The molecule has 0 saturated heterocycles. The zero-order valence-corrected chi connectivity index (χ0v) is 12.2. The number of nitrogens with one attached hydrogen (secondary N) is 2. The van der Waals surface area contributed by atoms with E-state index >= 15 is 0 Å². The Bertz CT molecular complexity index is 707. The lowest BCUT2D eigenvalue weighted by Gasteiger charge is -2.10. The maximum Gasteiger partial charge on any atom is 0.262 e. The highest BCUT2D eigenvalue weighted by Gasteiger charge is 2.16. The van der Waals surface area contributed by atoms with Gasteiger partial charge >= 0.3 is 0 Å². The molecule has 2 rings (SSSR count). The molecule has 0 aliphatic heterocycles. The van der Waals surface area contributed by atoms with Gasteiger partial charge in [-0.3, -0.25) is 4.72 Å². The highest BCUT2D eigenvalue weighted by Crippen LogP contribution is 2.18. The molecule has 0 atom stereocenters. The molecule has 0 aliphatic carbocycles. The Kier molecular flexibility index (Phi) is 4.81. The van der Waals surface area contributed by atoms with Gasteiger partial charge in [-0.1, -0.05) is 6.92 Å². The van der Waals surface area contributed by atoms with Crippen molar-refractivity contribution in [3.8, 4) is 0 Å². The summed E-state index contributed by atoms with van der Waals surface area (Å²) >= 11 is 0. The molecule has 21 heavy (non-hydrogen) atoms. The van der Waals surface area contributed by atoms with Crippen LogP contribution >= 0.6 is 0 Å². The lowest BCUT2D eigenvalue weighted by molar-refractivity contribution is 0.586. The van der Waals surface area contributed by atoms with Crippen molar-refractivity contribution in [1.82, 2.24) is 15.3 Å². The Labute approximate surface area is 122 Å². The maximum atomic E-state index is 13.6. The van der Waals surface area contributed by atoms with Gasteiger partial charge in [-0.2, -0.15) is 0 Å². The molecule has 0 unspecified atom stereocenters. The van der Waals surface area contributed by atoms with Crippen LogP contribution in [0.4, 0.5) is 10.1 Å². The number of anilines is 1. The fourth-order valence-electron chi connectivity index (χ4n) is 1.68. The lowest BCUT2D eigenvalue weighted by Crippen LogP contribution is -2.16. The summed E-state index contributed by atoms with van der Waals surface area (Å²) in [4.78, 5) is 7.44. The monoisotopic (exact) mass is 310 g/mol. The van der Waals surface area contributed by atoms with Crippen molar-refractivity contribution >= 4 is 15.7 Å². The summed E-state index contributed by atoms with van der Waals surface area (Å²) in [5.41, 5.74) is 0.541. The fourth-order valence-corrected chi connectivity index (χ4v) is 2.76. The van der Waals surface area contributed by atoms with Crippen LogP contribution in [0.15, 0.2) is 41.8 Å². The smallest absolute Gasteiger partial charge is 0.262 e. The van der Waals surface area contributed by atoms with Gasteiger partial charge in [0.25, 0.3) is 10.0 Å². The van der Waals surface area contributed by atoms with E-state index in [2.05, 4.69) is 20.0 Å². The molecule has 2 N–H and O–H groups in total. The van der Waals surface area contributed by atoms with Crippen LogP contribution in [-0.2, 0) is 16.6 Å². The number of hydrogen-bond acceptors (Lipinski definition) is 5. The molecular weight excluding hydrogens is 295 g/mol. The topological polar surface area (TPSA) is 84.0 Å². The molecule has 0 radical (unpaired) electrons. The molecule has 0 aliphatic rings. The minimum Gasteiger partial charge on any atom is -0.313 e. The number of nitrogens with zero attached hydrogens (tertiary/aromatic N) is 2. The number of benzene rings is 1. The summed E-state index contributed by atoms with van der Waals surface area (Å²) in [5.74, 6) is -0.446. The minimum absolute atomic E-state index is 0.0133. The first-order valence-electron chi connectivity index (χ1n) is 6.30. The van der Waals surface area contributed by atoms with Crippen LogP contribution in [-0.4, -0.2) is 24.9 Å². The van der Waals surface area contributed by atoms with Crippen molar-refractivity contribution < 1.29 is 12.8 Å². The van der Waals surface area contributed by atoms with Gasteiger partial charge in [-0.15, -0.1) is 0 Å². The predicted octanol–water partition coefficient (Wildman–Crippen LogP) is 1.53. The average Bonchev–Trinajstić information content (AvgIpc) is 2.47. The molecule has 112 valence electrons. The normalized spacial score (nSPS) is 11.3. The quantitative estimate of drug-likeness (QED) is 0.845. The summed E-state index contributed by atoms with van der Waals surface area (Å²) in [7, 11) is -3.80. The molecule has 1 aromatic heterocycles. The third-order valence-electron chi connectivity index (χ3n) is 2.71. The van der Waals surface area contributed by atoms with Crippen molar-refractivity contribution in [2.45, 2.75) is 18.4 Å². The second-order valence-electron chi connectivity index (χ2n) is 4.27. The number of aromatic nitrogens is 2. The van der Waals surface area contributed by atoms with Crippen molar-refractivity contribution in [1.29, 1.82) is 0 Å². The van der Waals surface area contributed by atoms with Gasteiger partial charge in [-0.05, 0) is 24.7 Å². The summed E-state index contributed by atoms with van der Waals surface area (Å²) < 4.78 is 40.4. The van der Waals surface area contributed by atoms with Crippen LogP contribution < -0.4 is 10.0 Å². The van der Waals surface area contributed by atoms with E-state index in [4.69, 9.17) is 0 Å². The molecule has 0 spiro atoms. The van der Waals surface area contributed by atoms with E-state index < -0.39 is 15.8 Å². The van der Waals surface area contributed by atoms with Gasteiger partial charge in [0.1, 0.15) is 12.1 Å². The fraction of sp³-hybridized carbons (Fsp3) is 0.231. The van der Waals surface area contributed by atoms with Gasteiger partial charge in [-0.25, -0.2) is 22.8 Å². The Morgan fingerprint density at radius 3 is 2.62 bits per heavy atom. The first-order chi connectivity index (χ1) is 10.0. The molecule has 8 heteroatoms. The Morgan fingerprint density at radius 2 is 1.95 bits per heavy atom. The van der Waals surface area contributed by atoms with Gasteiger partial charge in [0.15, 0.2) is 0 Å². The summed E-state index contributed by atoms with van der Waals surface area (Å²) in [6, 6.07) is 3.67. The summed E-state index contributed by atoms with van der Waals surface area (Å²) in [5, 5.41) is 2.96. The Hall–Kier alpha value is -2.06. The summed E-state index contributed by atoms with van der Waals surface area (Å²) in [6.07, 6.45) is 3.98. The van der Waals surface area contributed by atoms with Gasteiger partial charge in [0, 0.05) is 12.1 Å². The first-order valence-corrected chi connectivity index (χ1v) is 7.78. The van der Waals surface area contributed by atoms with Crippen LogP contribution in [0.3, 0.4) is 0 Å². The van der Waals surface area contributed by atoms with Crippen LogP contribution in [0, 0.1) is 5.82 Å². The highest BCUT2D eigenvalue weighted by molar-refractivity contribution is 7.92. The molecule has 0 saturated carbocycles. The van der Waals surface area contributed by atoms with Crippen molar-refractivity contribution in [3.63, 3.8) is 0 Å². The van der Waals surface area contributed by atoms with Crippen LogP contribution in [0.5, 0.6) is 0 Å². The summed E-state index contributed by atoms with van der Waals surface area (Å²) in [6.45, 7) is 2.81. The molecule has 0 bridgehead atoms. The van der Waals surface area contributed by atoms with Gasteiger partial charge in [0.05, 0.1) is 23.0 Å². The van der Waals surface area contributed by atoms with E-state index in [1.165, 1.54) is 30.9 Å². The van der Waals surface area contributed by atoms with Gasteiger partial charge in [0.2, 0.25) is 0 Å². The number of rotatable bonds is 6. The standard InChI is InChI=1S/C13H15FN4O2S/c1-2-15-6-10-5-12(3-4-13(10)14)21(19,20)18-11-7-16-9-17-8-11/h3-5,7-9,15,18H,2,6H2,1H3. The molecule has 6 nitrogen and oxygen atoms in total. The Morgan fingerprint density at radius 1 is 1.24 bits per heavy atom. The van der Waals surface area contributed by atoms with Gasteiger partial charge < -0.3 is 5.32 Å². The molecule has 0 amide bonds. The molecular formula is C13H15FN4O2S. The molecule has 1 aromatic carbocycles. The molecule has 1 heterocycles. The largest absolute Gasteiger partial charge is 0.313 e. The number of hydrogen-bond donors (Lipinski definition) is 2. The number of halogens is 1. The predicted molar refractivity (Wildman–Crippen MR) is 76.6 cm³/mol. The third-order valence-corrected chi connectivity index (χ3v) is 4.08. The van der Waals surface area contributed by atoms with E-state index in [-0.39, 0.29) is 17.1 Å². The van der Waals surface area contributed by atoms with E-state index in [0.717, 1.165) is 6.07 Å². The van der Waals surface area contributed by atoms with Crippen molar-refractivity contribution in [2.24, 2.45) is 0 Å². The zero-order chi connectivity index (χ0) is 15.3.